The number of piperidine rings is 1. The van der Waals surface area contributed by atoms with Crippen molar-refractivity contribution in [3.05, 3.63) is 30.3 Å². The number of amides is 1. The summed E-state index contributed by atoms with van der Waals surface area (Å²) in [6.45, 7) is 5.96. The molecule has 2 aliphatic heterocycles. The molecule has 0 bridgehead atoms. The molecular formula is C24H36N2O3. The first-order valence-corrected chi connectivity index (χ1v) is 11.3. The van der Waals surface area contributed by atoms with E-state index in [0.717, 1.165) is 43.5 Å². The fourth-order valence-corrected chi connectivity index (χ4v) is 6.28. The number of rotatable bonds is 5. The van der Waals surface area contributed by atoms with Crippen LogP contribution in [0.3, 0.4) is 0 Å². The Bertz CT molecular complexity index is 700. The van der Waals surface area contributed by atoms with Gasteiger partial charge in [-0.1, -0.05) is 32.0 Å². The van der Waals surface area contributed by atoms with Gasteiger partial charge in [-0.05, 0) is 62.5 Å². The van der Waals surface area contributed by atoms with Crippen molar-refractivity contribution in [2.24, 2.45) is 17.3 Å². The average Bonchev–Trinajstić information content (AvgIpc) is 2.76. The number of β-lactam (4-membered cyclic amide) rings is 1. The summed E-state index contributed by atoms with van der Waals surface area (Å²) in [6, 6.07) is 10.4. The van der Waals surface area contributed by atoms with Crippen molar-refractivity contribution in [2.45, 2.75) is 64.0 Å². The van der Waals surface area contributed by atoms with Crippen molar-refractivity contribution in [2.75, 3.05) is 31.2 Å². The van der Waals surface area contributed by atoms with Crippen molar-refractivity contribution in [3.63, 3.8) is 0 Å². The van der Waals surface area contributed by atoms with Gasteiger partial charge in [-0.15, -0.1) is 0 Å². The number of anilines is 1. The first-order valence-electron chi connectivity index (χ1n) is 11.3. The zero-order chi connectivity index (χ0) is 20.6. The normalized spacial score (nSPS) is 29.3. The van der Waals surface area contributed by atoms with Crippen molar-refractivity contribution in [1.82, 2.24) is 4.90 Å². The summed E-state index contributed by atoms with van der Waals surface area (Å²) in [5, 5.41) is 20.3. The smallest absolute Gasteiger partial charge is 0.240 e. The number of aliphatic hydroxyl groups excluding tert-OH is 2. The van der Waals surface area contributed by atoms with Crippen LogP contribution in [0, 0.1) is 17.3 Å². The lowest BCUT2D eigenvalue weighted by molar-refractivity contribution is -0.164. The van der Waals surface area contributed by atoms with Crippen LogP contribution in [-0.4, -0.2) is 58.9 Å². The van der Waals surface area contributed by atoms with Crippen LogP contribution >= 0.6 is 0 Å². The van der Waals surface area contributed by atoms with Gasteiger partial charge in [0, 0.05) is 24.8 Å². The van der Waals surface area contributed by atoms with Gasteiger partial charge in [0.15, 0.2) is 0 Å². The molecule has 2 N–H and O–H groups in total. The number of carbonyl (C=O) groups excluding carboxylic acids is 1. The molecule has 29 heavy (non-hydrogen) atoms. The predicted molar refractivity (Wildman–Crippen MR) is 115 cm³/mol. The Labute approximate surface area is 174 Å². The molecule has 0 atom stereocenters. The largest absolute Gasteiger partial charge is 0.395 e. The highest BCUT2D eigenvalue weighted by atomic mass is 16.3. The summed E-state index contributed by atoms with van der Waals surface area (Å²) >= 11 is 0. The van der Waals surface area contributed by atoms with Crippen LogP contribution in [0.5, 0.6) is 0 Å². The van der Waals surface area contributed by atoms with Crippen molar-refractivity contribution >= 4 is 11.6 Å². The first-order chi connectivity index (χ1) is 14.0. The molecule has 2 saturated heterocycles. The standard InChI is InChI=1S/C24H36N2O3/c1-18(2)19-8-10-20(11-9-19)25-14-12-24(13-15-25)23(16-27,17-28)22(29)26(24)21-6-4-3-5-7-21/h3-7,18-20,27-28H,8-17H2,1-2H3. The minimum atomic E-state index is -1.05. The number of hydrogen-bond acceptors (Lipinski definition) is 4. The van der Waals surface area contributed by atoms with Gasteiger partial charge in [0.05, 0.1) is 18.8 Å². The first kappa shape index (κ1) is 20.8. The summed E-state index contributed by atoms with van der Waals surface area (Å²) in [5.74, 6) is 1.49. The summed E-state index contributed by atoms with van der Waals surface area (Å²) in [5.41, 5.74) is -0.661. The monoisotopic (exact) mass is 400 g/mol. The molecule has 1 amide bonds. The van der Waals surface area contributed by atoms with E-state index in [4.69, 9.17) is 0 Å². The van der Waals surface area contributed by atoms with Gasteiger partial charge >= 0.3 is 0 Å². The average molecular weight is 401 g/mol. The Kier molecular flexibility index (Phi) is 5.75. The fraction of sp³-hybridized carbons (Fsp3) is 0.708. The maximum Gasteiger partial charge on any atom is 0.240 e. The lowest BCUT2D eigenvalue weighted by Gasteiger charge is -2.66. The second-order valence-electron chi connectivity index (χ2n) is 9.75. The number of benzene rings is 1. The molecule has 3 fully saturated rings. The second-order valence-corrected chi connectivity index (χ2v) is 9.75. The van der Waals surface area contributed by atoms with Crippen molar-refractivity contribution < 1.29 is 15.0 Å². The molecule has 4 rings (SSSR count). The van der Waals surface area contributed by atoms with Gasteiger partial charge in [0.25, 0.3) is 0 Å². The number of para-hydroxylation sites is 1. The van der Waals surface area contributed by atoms with Crippen LogP contribution in [0.1, 0.15) is 52.4 Å². The number of carbonyl (C=O) groups is 1. The quantitative estimate of drug-likeness (QED) is 0.746. The molecule has 5 nitrogen and oxygen atoms in total. The Morgan fingerprint density at radius 3 is 2.10 bits per heavy atom. The van der Waals surface area contributed by atoms with E-state index in [9.17, 15) is 15.0 Å². The van der Waals surface area contributed by atoms with E-state index in [0.29, 0.717) is 6.04 Å². The summed E-state index contributed by atoms with van der Waals surface area (Å²) < 4.78 is 0. The minimum Gasteiger partial charge on any atom is -0.395 e. The molecule has 2 heterocycles. The molecular weight excluding hydrogens is 364 g/mol. The van der Waals surface area contributed by atoms with Gasteiger partial charge in [-0.3, -0.25) is 4.79 Å². The molecule has 5 heteroatoms. The Morgan fingerprint density at radius 1 is 1.00 bits per heavy atom. The van der Waals surface area contributed by atoms with Crippen LogP contribution in [-0.2, 0) is 4.79 Å². The van der Waals surface area contributed by atoms with Crippen molar-refractivity contribution in [3.8, 4) is 0 Å². The molecule has 1 spiro atoms. The summed E-state index contributed by atoms with van der Waals surface area (Å²) in [6.07, 6.45) is 6.77. The molecule has 0 unspecified atom stereocenters. The third-order valence-electron chi connectivity index (χ3n) is 8.31. The van der Waals surface area contributed by atoms with Crippen LogP contribution in [0.4, 0.5) is 5.69 Å². The highest BCUT2D eigenvalue weighted by molar-refractivity contribution is 6.08. The molecule has 3 aliphatic rings. The summed E-state index contributed by atoms with van der Waals surface area (Å²) in [4.78, 5) is 17.6. The predicted octanol–water partition coefficient (Wildman–Crippen LogP) is 3.05. The van der Waals surface area contributed by atoms with E-state index in [1.54, 1.807) is 0 Å². The van der Waals surface area contributed by atoms with E-state index in [1.165, 1.54) is 25.7 Å². The van der Waals surface area contributed by atoms with E-state index in [2.05, 4.69) is 18.7 Å². The Balaban J connectivity index is 1.50. The number of nitrogens with zero attached hydrogens (tertiary/aromatic N) is 2. The van der Waals surface area contributed by atoms with E-state index < -0.39 is 11.0 Å². The van der Waals surface area contributed by atoms with Gasteiger partial charge in [0.1, 0.15) is 5.41 Å². The van der Waals surface area contributed by atoms with Gasteiger partial charge in [0.2, 0.25) is 5.91 Å². The fourth-order valence-electron chi connectivity index (χ4n) is 6.28. The SMILES string of the molecule is CC(C)C1CCC(N2CCC3(CC2)N(c2ccccc2)C(=O)C3(CO)CO)CC1. The Hall–Kier alpha value is -1.43. The highest BCUT2D eigenvalue weighted by Crippen LogP contribution is 2.56. The topological polar surface area (TPSA) is 64.0 Å². The number of likely N-dealkylation sites (tertiary alicyclic amines) is 1. The molecule has 0 aromatic heterocycles. The van der Waals surface area contributed by atoms with Crippen molar-refractivity contribution in [1.29, 1.82) is 0 Å². The van der Waals surface area contributed by atoms with E-state index in [-0.39, 0.29) is 19.1 Å². The zero-order valence-corrected chi connectivity index (χ0v) is 17.9. The van der Waals surface area contributed by atoms with Gasteiger partial charge in [-0.2, -0.15) is 0 Å². The lowest BCUT2D eigenvalue weighted by Crippen LogP contribution is -2.83. The summed E-state index contributed by atoms with van der Waals surface area (Å²) in [7, 11) is 0. The molecule has 1 saturated carbocycles. The number of aliphatic hydroxyl groups is 2. The second kappa shape index (κ2) is 8.01. The van der Waals surface area contributed by atoms with Crippen LogP contribution < -0.4 is 4.90 Å². The maximum absolute atomic E-state index is 13.1. The Morgan fingerprint density at radius 2 is 1.59 bits per heavy atom. The van der Waals surface area contributed by atoms with Gasteiger partial charge < -0.3 is 20.0 Å². The molecule has 1 aliphatic carbocycles. The third kappa shape index (κ3) is 3.13. The van der Waals surface area contributed by atoms with Crippen LogP contribution in [0.25, 0.3) is 0 Å². The number of hydrogen-bond donors (Lipinski definition) is 2. The highest BCUT2D eigenvalue weighted by Gasteiger charge is 2.71. The van der Waals surface area contributed by atoms with Crippen LogP contribution in [0.2, 0.25) is 0 Å². The van der Waals surface area contributed by atoms with Crippen LogP contribution in [0.15, 0.2) is 30.3 Å². The molecule has 1 aromatic carbocycles. The molecule has 0 radical (unpaired) electrons. The van der Waals surface area contributed by atoms with E-state index >= 15 is 0 Å². The maximum atomic E-state index is 13.1. The molecule has 160 valence electrons. The van der Waals surface area contributed by atoms with E-state index in [1.807, 2.05) is 35.2 Å². The molecule has 1 aromatic rings. The lowest BCUT2D eigenvalue weighted by atomic mass is 9.56. The minimum absolute atomic E-state index is 0.139. The third-order valence-corrected chi connectivity index (χ3v) is 8.31. The zero-order valence-electron chi connectivity index (χ0n) is 17.9. The van der Waals surface area contributed by atoms with Gasteiger partial charge in [-0.25, -0.2) is 0 Å².